The molecule has 1 fully saturated rings. The summed E-state index contributed by atoms with van der Waals surface area (Å²) in [5.74, 6) is 0.112. The van der Waals surface area contributed by atoms with Crippen LogP contribution in [-0.2, 0) is 23.9 Å². The molecule has 0 spiro atoms. The third-order valence-electron chi connectivity index (χ3n) is 3.29. The van der Waals surface area contributed by atoms with E-state index in [1.54, 1.807) is 6.92 Å². The molecule has 0 bridgehead atoms. The lowest BCUT2D eigenvalue weighted by Gasteiger charge is -2.24. The molecular formula is C13H23N3O5. The summed E-state index contributed by atoms with van der Waals surface area (Å²) in [7, 11) is 0. The number of hydrogen-bond acceptors (Lipinski definition) is 8. The van der Waals surface area contributed by atoms with Gasteiger partial charge in [-0.2, -0.15) is 0 Å². The minimum absolute atomic E-state index is 0.112. The lowest BCUT2D eigenvalue weighted by molar-refractivity contribution is -0.135. The zero-order valence-electron chi connectivity index (χ0n) is 12.4. The molecule has 0 unspecified atom stereocenters. The van der Waals surface area contributed by atoms with Gasteiger partial charge in [-0.3, -0.25) is 29.1 Å². The van der Waals surface area contributed by atoms with E-state index in [0.717, 1.165) is 13.1 Å². The summed E-state index contributed by atoms with van der Waals surface area (Å²) in [5, 5.41) is 0. The van der Waals surface area contributed by atoms with Crippen molar-refractivity contribution in [2.24, 2.45) is 0 Å². The first-order valence-corrected chi connectivity index (χ1v) is 6.92. The van der Waals surface area contributed by atoms with Gasteiger partial charge in [0.25, 0.3) is 12.9 Å². The zero-order chi connectivity index (χ0) is 15.5. The Kier molecular flexibility index (Phi) is 8.56. The lowest BCUT2D eigenvalue weighted by Crippen LogP contribution is -2.39. The normalized spacial score (nSPS) is 19.1. The van der Waals surface area contributed by atoms with Crippen LogP contribution in [-0.4, -0.2) is 92.7 Å². The molecule has 8 heteroatoms. The number of Topliss-reactive ketones (excluding diaryl/α,β-unsaturated/α-hetero) is 1. The van der Waals surface area contributed by atoms with Gasteiger partial charge in [0.2, 0.25) is 0 Å². The summed E-state index contributed by atoms with van der Waals surface area (Å²) in [6.07, 6.45) is 0. The minimum atomic E-state index is 0.112. The zero-order valence-corrected chi connectivity index (χ0v) is 12.4. The molecule has 1 saturated heterocycles. The van der Waals surface area contributed by atoms with Crippen molar-refractivity contribution >= 4 is 18.7 Å². The first kappa shape index (κ1) is 17.5. The van der Waals surface area contributed by atoms with E-state index in [1.165, 1.54) is 0 Å². The molecule has 1 aliphatic rings. The second-order valence-electron chi connectivity index (χ2n) is 5.00. The fourth-order valence-corrected chi connectivity index (χ4v) is 2.19. The van der Waals surface area contributed by atoms with Crippen molar-refractivity contribution in [3.05, 3.63) is 0 Å². The van der Waals surface area contributed by atoms with Crippen LogP contribution < -0.4 is 0 Å². The fraction of sp³-hybridized carbons (Fsp3) is 0.769. The minimum Gasteiger partial charge on any atom is -0.452 e. The summed E-state index contributed by atoms with van der Waals surface area (Å²) in [4.78, 5) is 37.9. The van der Waals surface area contributed by atoms with E-state index in [0.29, 0.717) is 45.7 Å². The standard InChI is InChI=1S/C13H23N3O5/c1-13(19)8-14-2-4-15(9-20-11-17)6-7-16(5-3-14)10-21-12-18/h11-12H,2-10H2,1H3. The van der Waals surface area contributed by atoms with Crippen LogP contribution in [0.25, 0.3) is 0 Å². The number of carbonyl (C=O) groups excluding carboxylic acids is 3. The van der Waals surface area contributed by atoms with Crippen molar-refractivity contribution in [2.75, 3.05) is 59.3 Å². The van der Waals surface area contributed by atoms with Gasteiger partial charge in [-0.05, 0) is 6.92 Å². The Morgan fingerprint density at radius 2 is 1.24 bits per heavy atom. The SMILES string of the molecule is CC(=O)CN1CCN(COC=O)CCN(COC=O)CC1. The van der Waals surface area contributed by atoms with E-state index >= 15 is 0 Å². The number of carbonyl (C=O) groups is 3. The molecule has 1 aliphatic heterocycles. The maximum absolute atomic E-state index is 11.3. The van der Waals surface area contributed by atoms with Gasteiger partial charge in [-0.15, -0.1) is 0 Å². The van der Waals surface area contributed by atoms with Crippen molar-refractivity contribution in [3.8, 4) is 0 Å². The molecule has 8 nitrogen and oxygen atoms in total. The molecule has 21 heavy (non-hydrogen) atoms. The summed E-state index contributed by atoms with van der Waals surface area (Å²) >= 11 is 0. The van der Waals surface area contributed by atoms with Crippen molar-refractivity contribution in [2.45, 2.75) is 6.92 Å². The Bertz CT molecular complexity index is 316. The monoisotopic (exact) mass is 301 g/mol. The molecular weight excluding hydrogens is 278 g/mol. The van der Waals surface area contributed by atoms with Gasteiger partial charge in [0.05, 0.1) is 6.54 Å². The average Bonchev–Trinajstić information content (AvgIpc) is 2.54. The third-order valence-corrected chi connectivity index (χ3v) is 3.29. The van der Waals surface area contributed by atoms with Crippen LogP contribution in [0.4, 0.5) is 0 Å². The Morgan fingerprint density at radius 3 is 1.57 bits per heavy atom. The Balaban J connectivity index is 2.59. The topological polar surface area (TPSA) is 79.4 Å². The molecule has 0 aromatic heterocycles. The van der Waals surface area contributed by atoms with Gasteiger partial charge in [-0.25, -0.2) is 0 Å². The lowest BCUT2D eigenvalue weighted by atomic mass is 10.3. The molecule has 0 aromatic rings. The molecule has 0 aliphatic carbocycles. The molecule has 0 radical (unpaired) electrons. The van der Waals surface area contributed by atoms with Crippen LogP contribution >= 0.6 is 0 Å². The average molecular weight is 301 g/mol. The molecule has 120 valence electrons. The van der Waals surface area contributed by atoms with Crippen LogP contribution in [0.3, 0.4) is 0 Å². The van der Waals surface area contributed by atoms with Crippen LogP contribution in [0.15, 0.2) is 0 Å². The number of nitrogens with zero attached hydrogens (tertiary/aromatic N) is 3. The van der Waals surface area contributed by atoms with Crippen molar-refractivity contribution in [3.63, 3.8) is 0 Å². The van der Waals surface area contributed by atoms with Crippen LogP contribution in [0, 0.1) is 0 Å². The summed E-state index contributed by atoms with van der Waals surface area (Å²) < 4.78 is 9.59. The molecule has 0 amide bonds. The molecule has 0 N–H and O–H groups in total. The van der Waals surface area contributed by atoms with E-state index in [9.17, 15) is 14.4 Å². The Labute approximate surface area is 124 Å². The Hall–Kier alpha value is -1.51. The molecule has 0 saturated carbocycles. The van der Waals surface area contributed by atoms with E-state index in [2.05, 4.69) is 4.90 Å². The molecule has 1 rings (SSSR count). The number of hydrogen-bond donors (Lipinski definition) is 0. The predicted molar refractivity (Wildman–Crippen MR) is 74.3 cm³/mol. The second-order valence-corrected chi connectivity index (χ2v) is 5.00. The van der Waals surface area contributed by atoms with E-state index in [-0.39, 0.29) is 19.2 Å². The highest BCUT2D eigenvalue weighted by atomic mass is 16.5. The number of ether oxygens (including phenoxy) is 2. The van der Waals surface area contributed by atoms with E-state index in [4.69, 9.17) is 9.47 Å². The highest BCUT2D eigenvalue weighted by molar-refractivity contribution is 5.77. The van der Waals surface area contributed by atoms with Crippen molar-refractivity contribution in [1.82, 2.24) is 14.7 Å². The maximum Gasteiger partial charge on any atom is 0.294 e. The first-order chi connectivity index (χ1) is 10.2. The van der Waals surface area contributed by atoms with Gasteiger partial charge < -0.3 is 9.47 Å². The van der Waals surface area contributed by atoms with Gasteiger partial charge in [-0.1, -0.05) is 0 Å². The quantitative estimate of drug-likeness (QED) is 0.515. The number of ketones is 1. The van der Waals surface area contributed by atoms with Gasteiger partial charge in [0.15, 0.2) is 0 Å². The molecule has 1 heterocycles. The predicted octanol–water partition coefficient (Wildman–Crippen LogP) is -1.24. The number of rotatable bonds is 8. The van der Waals surface area contributed by atoms with Crippen molar-refractivity contribution in [1.29, 1.82) is 0 Å². The maximum atomic E-state index is 11.3. The largest absolute Gasteiger partial charge is 0.452 e. The highest BCUT2D eigenvalue weighted by Gasteiger charge is 2.17. The van der Waals surface area contributed by atoms with Crippen LogP contribution in [0.1, 0.15) is 6.92 Å². The van der Waals surface area contributed by atoms with E-state index in [1.807, 2.05) is 9.80 Å². The second kappa shape index (κ2) is 10.3. The van der Waals surface area contributed by atoms with E-state index < -0.39 is 0 Å². The van der Waals surface area contributed by atoms with Gasteiger partial charge >= 0.3 is 0 Å². The third kappa shape index (κ3) is 7.74. The van der Waals surface area contributed by atoms with Crippen molar-refractivity contribution < 1.29 is 23.9 Å². The van der Waals surface area contributed by atoms with Crippen LogP contribution in [0.2, 0.25) is 0 Å². The molecule has 0 atom stereocenters. The highest BCUT2D eigenvalue weighted by Crippen LogP contribution is 2.01. The van der Waals surface area contributed by atoms with Gasteiger partial charge in [0, 0.05) is 39.3 Å². The first-order valence-electron chi connectivity index (χ1n) is 6.92. The van der Waals surface area contributed by atoms with Gasteiger partial charge in [0.1, 0.15) is 19.2 Å². The van der Waals surface area contributed by atoms with Crippen LogP contribution in [0.5, 0.6) is 0 Å². The Morgan fingerprint density at radius 1 is 0.857 bits per heavy atom. The smallest absolute Gasteiger partial charge is 0.294 e. The summed E-state index contributed by atoms with van der Waals surface area (Å²) in [6, 6.07) is 0. The summed E-state index contributed by atoms with van der Waals surface area (Å²) in [6.45, 7) is 7.52. The summed E-state index contributed by atoms with van der Waals surface area (Å²) in [5.41, 5.74) is 0. The fourth-order valence-electron chi connectivity index (χ4n) is 2.19. The molecule has 0 aromatic carbocycles.